The number of carbonyl (C=O) groups is 2. The molecule has 18 heavy (non-hydrogen) atoms. The number of rotatable bonds is 1. The molecule has 4 nitrogen and oxygen atoms in total. The standard InChI is InChI=1S/C13H12N2O2S/c1-8-7-15(13(17)14-12(8)16)10-2-3-11-9(6-10)4-5-18-11/h2-6,8H,7H2,1H3,(H,14,16,17). The molecule has 3 rings (SSSR count). The van der Waals surface area contributed by atoms with E-state index in [1.165, 1.54) is 4.70 Å². The molecule has 1 aromatic heterocycles. The topological polar surface area (TPSA) is 49.4 Å². The number of nitrogens with one attached hydrogen (secondary N) is 1. The zero-order chi connectivity index (χ0) is 12.7. The van der Waals surface area contributed by atoms with Crippen LogP contribution < -0.4 is 10.2 Å². The molecule has 1 unspecified atom stereocenters. The molecule has 92 valence electrons. The van der Waals surface area contributed by atoms with Crippen LogP contribution in [0.15, 0.2) is 29.6 Å². The molecule has 0 spiro atoms. The summed E-state index contributed by atoms with van der Waals surface area (Å²) in [5.41, 5.74) is 0.831. The number of hydrogen-bond donors (Lipinski definition) is 1. The molecule has 1 aliphatic rings. The van der Waals surface area contributed by atoms with Crippen molar-refractivity contribution in [1.29, 1.82) is 0 Å². The van der Waals surface area contributed by atoms with Crippen molar-refractivity contribution in [3.63, 3.8) is 0 Å². The number of hydrogen-bond acceptors (Lipinski definition) is 3. The first-order chi connectivity index (χ1) is 8.65. The number of anilines is 1. The van der Waals surface area contributed by atoms with Crippen LogP contribution in [0.2, 0.25) is 0 Å². The Morgan fingerprint density at radius 2 is 2.17 bits per heavy atom. The molecule has 0 radical (unpaired) electrons. The summed E-state index contributed by atoms with van der Waals surface area (Å²) in [5.74, 6) is -0.381. The van der Waals surface area contributed by atoms with Gasteiger partial charge in [-0.3, -0.25) is 15.0 Å². The van der Waals surface area contributed by atoms with E-state index in [9.17, 15) is 9.59 Å². The lowest BCUT2D eigenvalue weighted by atomic mass is 10.1. The fraction of sp³-hybridized carbons (Fsp3) is 0.231. The van der Waals surface area contributed by atoms with Gasteiger partial charge in [-0.1, -0.05) is 6.92 Å². The quantitative estimate of drug-likeness (QED) is 0.856. The highest BCUT2D eigenvalue weighted by atomic mass is 32.1. The van der Waals surface area contributed by atoms with Crippen LogP contribution in [-0.4, -0.2) is 18.5 Å². The summed E-state index contributed by atoms with van der Waals surface area (Å²) in [7, 11) is 0. The predicted octanol–water partition coefficient (Wildman–Crippen LogP) is 2.59. The van der Waals surface area contributed by atoms with E-state index >= 15 is 0 Å². The van der Waals surface area contributed by atoms with E-state index in [-0.39, 0.29) is 17.9 Å². The number of thiophene rings is 1. The molecular formula is C13H12N2O2S. The first-order valence-electron chi connectivity index (χ1n) is 5.75. The first kappa shape index (κ1) is 11.2. The van der Waals surface area contributed by atoms with Crippen LogP contribution in [-0.2, 0) is 4.79 Å². The second kappa shape index (κ2) is 4.10. The fourth-order valence-electron chi connectivity index (χ4n) is 2.08. The SMILES string of the molecule is CC1CN(c2ccc3sccc3c2)C(=O)NC1=O. The summed E-state index contributed by atoms with van der Waals surface area (Å²) in [6, 6.07) is 7.59. The van der Waals surface area contributed by atoms with Crippen LogP contribution >= 0.6 is 11.3 Å². The van der Waals surface area contributed by atoms with E-state index < -0.39 is 0 Å². The second-order valence-electron chi connectivity index (χ2n) is 4.45. The molecule has 1 aromatic carbocycles. The van der Waals surface area contributed by atoms with Crippen molar-refractivity contribution < 1.29 is 9.59 Å². The summed E-state index contributed by atoms with van der Waals surface area (Å²) in [5, 5.41) is 5.52. The number of imide groups is 1. The lowest BCUT2D eigenvalue weighted by Gasteiger charge is -2.30. The van der Waals surface area contributed by atoms with Gasteiger partial charge in [0.15, 0.2) is 0 Å². The van der Waals surface area contributed by atoms with E-state index in [0.717, 1.165) is 11.1 Å². The van der Waals surface area contributed by atoms with Gasteiger partial charge in [0.1, 0.15) is 0 Å². The molecular weight excluding hydrogens is 248 g/mol. The van der Waals surface area contributed by atoms with Crippen molar-refractivity contribution in [3.8, 4) is 0 Å². The van der Waals surface area contributed by atoms with Crippen molar-refractivity contribution >= 4 is 39.0 Å². The van der Waals surface area contributed by atoms with Gasteiger partial charge in [-0.2, -0.15) is 0 Å². The second-order valence-corrected chi connectivity index (χ2v) is 5.40. The summed E-state index contributed by atoms with van der Waals surface area (Å²) in [6.07, 6.45) is 0. The van der Waals surface area contributed by atoms with E-state index in [1.807, 2.05) is 36.6 Å². The molecule has 0 saturated carbocycles. The molecule has 1 N–H and O–H groups in total. The summed E-state index contributed by atoms with van der Waals surface area (Å²) in [6.45, 7) is 2.25. The van der Waals surface area contributed by atoms with Gasteiger partial charge in [0, 0.05) is 16.9 Å². The predicted molar refractivity (Wildman–Crippen MR) is 71.9 cm³/mol. The lowest BCUT2D eigenvalue weighted by Crippen LogP contribution is -2.53. The maximum absolute atomic E-state index is 11.8. The van der Waals surface area contributed by atoms with E-state index in [4.69, 9.17) is 0 Å². The molecule has 1 aliphatic heterocycles. The van der Waals surface area contributed by atoms with Crippen LogP contribution in [0.25, 0.3) is 10.1 Å². The van der Waals surface area contributed by atoms with Gasteiger partial charge >= 0.3 is 6.03 Å². The van der Waals surface area contributed by atoms with Crippen LogP contribution in [0.1, 0.15) is 6.92 Å². The Bertz CT molecular complexity index is 635. The third kappa shape index (κ3) is 1.76. The summed E-state index contributed by atoms with van der Waals surface area (Å²) in [4.78, 5) is 24.8. The van der Waals surface area contributed by atoms with Gasteiger partial charge in [0.2, 0.25) is 5.91 Å². The lowest BCUT2D eigenvalue weighted by molar-refractivity contribution is -0.123. The Balaban J connectivity index is 1.98. The number of fused-ring (bicyclic) bond motifs is 1. The maximum atomic E-state index is 11.8. The highest BCUT2D eigenvalue weighted by molar-refractivity contribution is 7.17. The van der Waals surface area contributed by atoms with E-state index in [0.29, 0.717) is 6.54 Å². The van der Waals surface area contributed by atoms with Crippen molar-refractivity contribution in [1.82, 2.24) is 5.32 Å². The van der Waals surface area contributed by atoms with E-state index in [2.05, 4.69) is 5.32 Å². The highest BCUT2D eigenvalue weighted by Crippen LogP contribution is 2.27. The zero-order valence-electron chi connectivity index (χ0n) is 9.84. The summed E-state index contributed by atoms with van der Waals surface area (Å²) < 4.78 is 1.19. The zero-order valence-corrected chi connectivity index (χ0v) is 10.7. The molecule has 1 atom stereocenters. The van der Waals surface area contributed by atoms with Gasteiger partial charge in [0.25, 0.3) is 0 Å². The molecule has 3 amide bonds. The molecule has 1 fully saturated rings. The van der Waals surface area contributed by atoms with Crippen LogP contribution in [0.3, 0.4) is 0 Å². The highest BCUT2D eigenvalue weighted by Gasteiger charge is 2.29. The van der Waals surface area contributed by atoms with Gasteiger partial charge < -0.3 is 0 Å². The monoisotopic (exact) mass is 260 g/mol. The van der Waals surface area contributed by atoms with Crippen LogP contribution in [0.5, 0.6) is 0 Å². The first-order valence-corrected chi connectivity index (χ1v) is 6.63. The largest absolute Gasteiger partial charge is 0.328 e. The minimum atomic E-state index is -0.340. The Morgan fingerprint density at radius 3 is 3.00 bits per heavy atom. The van der Waals surface area contributed by atoms with Gasteiger partial charge in [-0.05, 0) is 35.0 Å². The van der Waals surface area contributed by atoms with Crippen molar-refractivity contribution in [3.05, 3.63) is 29.6 Å². The molecule has 2 heterocycles. The maximum Gasteiger partial charge on any atom is 0.328 e. The third-order valence-corrected chi connectivity index (χ3v) is 4.02. The average Bonchev–Trinajstić information content (AvgIpc) is 2.80. The Morgan fingerprint density at radius 1 is 1.33 bits per heavy atom. The minimum Gasteiger partial charge on any atom is -0.293 e. The number of amides is 3. The molecule has 0 aliphatic carbocycles. The van der Waals surface area contributed by atoms with Gasteiger partial charge in [-0.15, -0.1) is 11.3 Å². The molecule has 5 heteroatoms. The van der Waals surface area contributed by atoms with Gasteiger partial charge in [0.05, 0.1) is 5.92 Å². The Labute approximate surface area is 108 Å². The number of benzene rings is 1. The molecule has 0 bridgehead atoms. The molecule has 2 aromatic rings. The van der Waals surface area contributed by atoms with Crippen molar-refractivity contribution in [2.45, 2.75) is 6.92 Å². The van der Waals surface area contributed by atoms with Gasteiger partial charge in [-0.25, -0.2) is 4.79 Å². The smallest absolute Gasteiger partial charge is 0.293 e. The normalized spacial score (nSPS) is 20.3. The van der Waals surface area contributed by atoms with Crippen molar-refractivity contribution in [2.24, 2.45) is 5.92 Å². The van der Waals surface area contributed by atoms with Crippen LogP contribution in [0, 0.1) is 5.92 Å². The van der Waals surface area contributed by atoms with Crippen LogP contribution in [0.4, 0.5) is 10.5 Å². The number of carbonyl (C=O) groups excluding carboxylic acids is 2. The Kier molecular flexibility index (Phi) is 2.56. The minimum absolute atomic E-state index is 0.180. The fourth-order valence-corrected chi connectivity index (χ4v) is 2.85. The third-order valence-electron chi connectivity index (χ3n) is 3.13. The number of urea groups is 1. The molecule has 1 saturated heterocycles. The van der Waals surface area contributed by atoms with E-state index in [1.54, 1.807) is 16.2 Å². The van der Waals surface area contributed by atoms with Crippen molar-refractivity contribution in [2.75, 3.05) is 11.4 Å². The summed E-state index contributed by atoms with van der Waals surface area (Å²) >= 11 is 1.67. The average molecular weight is 260 g/mol. The number of nitrogens with zero attached hydrogens (tertiary/aromatic N) is 1. The Hall–Kier alpha value is -1.88.